The summed E-state index contributed by atoms with van der Waals surface area (Å²) in [5, 5.41) is 6.44. The van der Waals surface area contributed by atoms with E-state index in [0.29, 0.717) is 18.0 Å². The molecule has 0 radical (unpaired) electrons. The normalized spacial score (nSPS) is 10.3. The number of hydrogen-bond acceptors (Lipinski definition) is 4. The maximum Gasteiger partial charge on any atom is 0.294 e. The van der Waals surface area contributed by atoms with Gasteiger partial charge in [-0.05, 0) is 36.8 Å². The molecule has 0 atom stereocenters. The van der Waals surface area contributed by atoms with Crippen LogP contribution in [0.25, 0.3) is 0 Å². The van der Waals surface area contributed by atoms with E-state index in [1.165, 1.54) is 0 Å². The van der Waals surface area contributed by atoms with Crippen molar-refractivity contribution in [1.82, 2.24) is 5.16 Å². The lowest BCUT2D eigenvalue weighted by atomic mass is 10.2. The van der Waals surface area contributed by atoms with Crippen molar-refractivity contribution in [3.63, 3.8) is 0 Å². The summed E-state index contributed by atoms with van der Waals surface area (Å²) >= 11 is 0. The first kappa shape index (κ1) is 14.8. The molecule has 3 rings (SSSR count). The number of benzene rings is 2. The lowest BCUT2D eigenvalue weighted by molar-refractivity contribution is 0.0988. The molecule has 0 saturated heterocycles. The molecule has 116 valence electrons. The van der Waals surface area contributed by atoms with Gasteiger partial charge in [-0.2, -0.15) is 0 Å². The molecule has 0 spiro atoms. The van der Waals surface area contributed by atoms with Crippen LogP contribution in [0.15, 0.2) is 65.2 Å². The van der Waals surface area contributed by atoms with E-state index in [0.717, 1.165) is 11.3 Å². The number of aromatic nitrogens is 1. The second-order valence-corrected chi connectivity index (χ2v) is 5.09. The van der Waals surface area contributed by atoms with Crippen molar-refractivity contribution in [2.45, 2.75) is 13.5 Å². The third-order valence-electron chi connectivity index (χ3n) is 3.21. The van der Waals surface area contributed by atoms with Crippen molar-refractivity contribution in [2.75, 3.05) is 5.32 Å². The Morgan fingerprint density at radius 1 is 1.13 bits per heavy atom. The van der Waals surface area contributed by atoms with Gasteiger partial charge >= 0.3 is 0 Å². The third-order valence-corrected chi connectivity index (χ3v) is 3.21. The number of anilines is 1. The first-order valence-electron chi connectivity index (χ1n) is 7.22. The van der Waals surface area contributed by atoms with Gasteiger partial charge in [0.2, 0.25) is 5.76 Å². The Kier molecular flexibility index (Phi) is 4.38. The summed E-state index contributed by atoms with van der Waals surface area (Å²) in [5.74, 6) is 0.595. The molecule has 0 fully saturated rings. The van der Waals surface area contributed by atoms with E-state index in [-0.39, 0.29) is 11.7 Å². The number of nitrogens with zero attached hydrogens (tertiary/aromatic N) is 1. The van der Waals surface area contributed by atoms with Gasteiger partial charge in [-0.25, -0.2) is 0 Å². The average Bonchev–Trinajstić information content (AvgIpc) is 3.02. The van der Waals surface area contributed by atoms with E-state index in [1.807, 2.05) is 42.5 Å². The van der Waals surface area contributed by atoms with Gasteiger partial charge in [0.1, 0.15) is 12.4 Å². The number of nitrogens with one attached hydrogen (secondary N) is 1. The molecule has 0 unspecified atom stereocenters. The van der Waals surface area contributed by atoms with Gasteiger partial charge in [-0.1, -0.05) is 35.5 Å². The van der Waals surface area contributed by atoms with Gasteiger partial charge in [0.05, 0.1) is 5.69 Å². The summed E-state index contributed by atoms with van der Waals surface area (Å²) in [5.41, 5.74) is 2.43. The monoisotopic (exact) mass is 308 g/mol. The first-order valence-corrected chi connectivity index (χ1v) is 7.22. The van der Waals surface area contributed by atoms with Gasteiger partial charge < -0.3 is 14.6 Å². The van der Waals surface area contributed by atoms with Crippen LogP contribution in [-0.4, -0.2) is 11.1 Å². The zero-order valence-electron chi connectivity index (χ0n) is 12.7. The van der Waals surface area contributed by atoms with E-state index in [9.17, 15) is 4.79 Å². The lowest BCUT2D eigenvalue weighted by Crippen LogP contribution is -2.10. The molecule has 3 aromatic rings. The van der Waals surface area contributed by atoms with E-state index >= 15 is 0 Å². The molecule has 1 N–H and O–H groups in total. The number of rotatable bonds is 5. The Morgan fingerprint density at radius 2 is 1.87 bits per heavy atom. The molecular weight excluding hydrogens is 292 g/mol. The van der Waals surface area contributed by atoms with E-state index in [4.69, 9.17) is 9.26 Å². The number of hydrogen-bond donors (Lipinski definition) is 1. The fraction of sp³-hybridized carbons (Fsp3) is 0.111. The van der Waals surface area contributed by atoms with E-state index in [1.54, 1.807) is 25.1 Å². The Morgan fingerprint density at radius 3 is 2.52 bits per heavy atom. The predicted molar refractivity (Wildman–Crippen MR) is 86.4 cm³/mol. The van der Waals surface area contributed by atoms with Crippen LogP contribution in [0.2, 0.25) is 0 Å². The molecule has 23 heavy (non-hydrogen) atoms. The number of ether oxygens (including phenoxy) is 1. The fourth-order valence-electron chi connectivity index (χ4n) is 2.04. The molecule has 1 amide bonds. The maximum atomic E-state index is 11.9. The Hall–Kier alpha value is -3.08. The Bertz CT molecular complexity index is 780. The van der Waals surface area contributed by atoms with E-state index < -0.39 is 0 Å². The highest BCUT2D eigenvalue weighted by atomic mass is 16.5. The van der Waals surface area contributed by atoms with E-state index in [2.05, 4.69) is 10.5 Å². The zero-order chi connectivity index (χ0) is 16.1. The molecular formula is C18H16N2O3. The molecule has 0 aliphatic heterocycles. The third kappa shape index (κ3) is 3.97. The van der Waals surface area contributed by atoms with Crippen LogP contribution in [0.5, 0.6) is 5.75 Å². The molecule has 1 heterocycles. The zero-order valence-corrected chi connectivity index (χ0v) is 12.7. The second-order valence-electron chi connectivity index (χ2n) is 5.09. The summed E-state index contributed by atoms with van der Waals surface area (Å²) in [7, 11) is 0. The minimum absolute atomic E-state index is 0.187. The molecule has 0 aliphatic carbocycles. The van der Waals surface area contributed by atoms with Crippen molar-refractivity contribution in [2.24, 2.45) is 0 Å². The highest BCUT2D eigenvalue weighted by Gasteiger charge is 2.11. The predicted octanol–water partition coefficient (Wildman–Crippen LogP) is 3.81. The van der Waals surface area contributed by atoms with Crippen LogP contribution in [0.4, 0.5) is 5.69 Å². The number of carbonyl (C=O) groups is 1. The highest BCUT2D eigenvalue weighted by Crippen LogP contribution is 2.18. The molecule has 5 nitrogen and oxygen atoms in total. The summed E-state index contributed by atoms with van der Waals surface area (Å²) in [6.07, 6.45) is 0. The summed E-state index contributed by atoms with van der Waals surface area (Å²) < 4.78 is 10.6. The molecule has 5 heteroatoms. The van der Waals surface area contributed by atoms with Crippen LogP contribution in [0.3, 0.4) is 0 Å². The van der Waals surface area contributed by atoms with Crippen LogP contribution < -0.4 is 10.1 Å². The smallest absolute Gasteiger partial charge is 0.294 e. The van der Waals surface area contributed by atoms with Crippen molar-refractivity contribution >= 4 is 11.6 Å². The van der Waals surface area contributed by atoms with Crippen molar-refractivity contribution in [3.8, 4) is 5.75 Å². The fourth-order valence-corrected chi connectivity index (χ4v) is 2.04. The molecule has 0 bridgehead atoms. The van der Waals surface area contributed by atoms with Gasteiger partial charge in [-0.3, -0.25) is 4.79 Å². The summed E-state index contributed by atoms with van der Waals surface area (Å²) in [6.45, 7) is 2.27. The number of aryl methyl sites for hydroxylation is 1. The van der Waals surface area contributed by atoms with Crippen molar-refractivity contribution in [1.29, 1.82) is 0 Å². The minimum Gasteiger partial charge on any atom is -0.489 e. The number of carbonyl (C=O) groups excluding carboxylic acids is 1. The first-order chi connectivity index (χ1) is 11.2. The molecule has 0 aliphatic rings. The molecule has 1 aromatic heterocycles. The Labute approximate surface area is 133 Å². The molecule has 2 aromatic carbocycles. The van der Waals surface area contributed by atoms with Gasteiger partial charge in [0.15, 0.2) is 0 Å². The average molecular weight is 308 g/mol. The van der Waals surface area contributed by atoms with Crippen LogP contribution >= 0.6 is 0 Å². The number of amides is 1. The van der Waals surface area contributed by atoms with Gasteiger partial charge in [0.25, 0.3) is 5.91 Å². The van der Waals surface area contributed by atoms with Gasteiger partial charge in [-0.15, -0.1) is 0 Å². The second kappa shape index (κ2) is 6.79. The molecule has 0 saturated carbocycles. The van der Waals surface area contributed by atoms with Crippen LogP contribution in [0, 0.1) is 6.92 Å². The van der Waals surface area contributed by atoms with Crippen LogP contribution in [-0.2, 0) is 6.61 Å². The topological polar surface area (TPSA) is 64.4 Å². The lowest BCUT2D eigenvalue weighted by Gasteiger charge is -2.07. The quantitative estimate of drug-likeness (QED) is 0.778. The summed E-state index contributed by atoms with van der Waals surface area (Å²) in [6, 6.07) is 18.7. The SMILES string of the molecule is Cc1cc(C(=O)Nc2ccc(OCc3ccccc3)cc2)on1. The largest absolute Gasteiger partial charge is 0.489 e. The maximum absolute atomic E-state index is 11.9. The minimum atomic E-state index is -0.330. The van der Waals surface area contributed by atoms with Crippen molar-refractivity contribution in [3.05, 3.63) is 77.7 Å². The Balaban J connectivity index is 1.57. The van der Waals surface area contributed by atoms with Crippen LogP contribution in [0.1, 0.15) is 21.8 Å². The standard InChI is InChI=1S/C18H16N2O3/c1-13-11-17(23-20-13)18(21)19-15-7-9-16(10-8-15)22-12-14-5-3-2-4-6-14/h2-11H,12H2,1H3,(H,19,21). The van der Waals surface area contributed by atoms with Gasteiger partial charge in [0, 0.05) is 11.8 Å². The summed E-state index contributed by atoms with van der Waals surface area (Å²) in [4.78, 5) is 11.9. The highest BCUT2D eigenvalue weighted by molar-refractivity contribution is 6.02. The van der Waals surface area contributed by atoms with Crippen molar-refractivity contribution < 1.29 is 14.1 Å².